The van der Waals surface area contributed by atoms with Gasteiger partial charge in [0.15, 0.2) is 0 Å². The highest BCUT2D eigenvalue weighted by atomic mass is 15.2. The van der Waals surface area contributed by atoms with Gasteiger partial charge >= 0.3 is 0 Å². The Labute approximate surface area is 403 Å². The van der Waals surface area contributed by atoms with E-state index in [1.54, 1.807) is 0 Å². The molecule has 0 aliphatic heterocycles. The maximum absolute atomic E-state index is 2.49. The van der Waals surface area contributed by atoms with Crippen LogP contribution < -0.4 is 9.80 Å². The van der Waals surface area contributed by atoms with E-state index in [1.165, 1.54) is 87.6 Å². The van der Waals surface area contributed by atoms with Crippen LogP contribution >= 0.6 is 0 Å². The highest BCUT2D eigenvalue weighted by molar-refractivity contribution is 6.23. The van der Waals surface area contributed by atoms with Crippen molar-refractivity contribution in [1.29, 1.82) is 0 Å². The van der Waals surface area contributed by atoms with Crippen molar-refractivity contribution in [1.82, 2.24) is 0 Å². The molecule has 0 unspecified atom stereocenters. The standard InChI is InChI=1S/C67H48N2/c1-67(2)61-31-15-14-26-55(61)56-43-42-52(44-62(56)67)68(63-32-16-22-47-20-6-8-24-53(47)63)50-40-36-49(37-41-50)65-57-27-10-12-29-59(57)66(60-30-13-11-28-58(60)65)69(64-33-17-23-48-21-7-9-25-54(48)64)51-38-34-46(35-39-51)45-18-4-3-5-19-45/h3-44H,1-2H3. The van der Waals surface area contributed by atoms with Crippen molar-refractivity contribution >= 4 is 77.2 Å². The molecule has 2 heteroatoms. The van der Waals surface area contributed by atoms with E-state index in [-0.39, 0.29) is 5.41 Å². The van der Waals surface area contributed by atoms with E-state index in [9.17, 15) is 0 Å². The van der Waals surface area contributed by atoms with Gasteiger partial charge in [-0.3, -0.25) is 0 Å². The van der Waals surface area contributed by atoms with E-state index >= 15 is 0 Å². The molecule has 0 fully saturated rings. The summed E-state index contributed by atoms with van der Waals surface area (Å²) in [6, 6.07) is 93.8. The Bertz CT molecular complexity index is 3860. The average molecular weight is 881 g/mol. The van der Waals surface area contributed by atoms with Crippen LogP contribution in [0.1, 0.15) is 25.0 Å². The van der Waals surface area contributed by atoms with E-state index in [2.05, 4.69) is 278 Å². The van der Waals surface area contributed by atoms with E-state index in [1.807, 2.05) is 0 Å². The largest absolute Gasteiger partial charge is 0.310 e. The van der Waals surface area contributed by atoms with Crippen LogP contribution in [0.4, 0.5) is 34.1 Å². The predicted molar refractivity (Wildman–Crippen MR) is 294 cm³/mol. The lowest BCUT2D eigenvalue weighted by atomic mass is 9.82. The number of benzene rings is 12. The van der Waals surface area contributed by atoms with Crippen molar-refractivity contribution in [2.45, 2.75) is 19.3 Å². The summed E-state index contributed by atoms with van der Waals surface area (Å²) in [4.78, 5) is 4.95. The van der Waals surface area contributed by atoms with Gasteiger partial charge in [0.25, 0.3) is 0 Å². The second-order valence-electron chi connectivity index (χ2n) is 18.8. The second kappa shape index (κ2) is 16.3. The molecule has 0 saturated heterocycles. The predicted octanol–water partition coefficient (Wildman–Crippen LogP) is 18.9. The van der Waals surface area contributed by atoms with Gasteiger partial charge in [-0.2, -0.15) is 0 Å². The molecule has 0 amide bonds. The molecule has 0 heterocycles. The number of hydrogen-bond acceptors (Lipinski definition) is 2. The molecule has 0 aromatic heterocycles. The molecule has 12 aromatic carbocycles. The van der Waals surface area contributed by atoms with E-state index in [4.69, 9.17) is 0 Å². The van der Waals surface area contributed by atoms with Crippen LogP contribution in [0.3, 0.4) is 0 Å². The topological polar surface area (TPSA) is 6.48 Å². The van der Waals surface area contributed by atoms with Crippen LogP contribution in [-0.4, -0.2) is 0 Å². The first-order valence-corrected chi connectivity index (χ1v) is 24.0. The van der Waals surface area contributed by atoms with Gasteiger partial charge < -0.3 is 9.80 Å². The fourth-order valence-corrected chi connectivity index (χ4v) is 11.3. The Morgan fingerprint density at radius 1 is 0.290 bits per heavy atom. The SMILES string of the molecule is CC1(C)c2ccccc2-c2ccc(N(c3ccc(-c4c5ccccc5c(N(c5ccc(-c6ccccc6)cc5)c5cccc6ccccc56)c5ccccc45)cc3)c3cccc4ccccc34)cc21. The minimum absolute atomic E-state index is 0.126. The van der Waals surface area contributed by atoms with Crippen molar-refractivity contribution in [2.75, 3.05) is 9.80 Å². The molecule has 0 bridgehead atoms. The first-order valence-electron chi connectivity index (χ1n) is 24.0. The first kappa shape index (κ1) is 40.5. The van der Waals surface area contributed by atoms with Crippen LogP contribution in [0, 0.1) is 0 Å². The molecule has 69 heavy (non-hydrogen) atoms. The summed E-state index contributed by atoms with van der Waals surface area (Å²) in [7, 11) is 0. The highest BCUT2D eigenvalue weighted by Crippen LogP contribution is 2.53. The number of anilines is 6. The van der Waals surface area contributed by atoms with Gasteiger partial charge in [0.2, 0.25) is 0 Å². The van der Waals surface area contributed by atoms with Gasteiger partial charge in [-0.1, -0.05) is 220 Å². The van der Waals surface area contributed by atoms with Crippen molar-refractivity contribution < 1.29 is 0 Å². The van der Waals surface area contributed by atoms with Crippen LogP contribution in [0.15, 0.2) is 255 Å². The average Bonchev–Trinajstić information content (AvgIpc) is 3.64. The molecule has 1 aliphatic rings. The van der Waals surface area contributed by atoms with Gasteiger partial charge in [0, 0.05) is 44.0 Å². The first-order chi connectivity index (χ1) is 34.0. The molecule has 0 N–H and O–H groups in total. The molecule has 0 saturated carbocycles. The lowest BCUT2D eigenvalue weighted by Crippen LogP contribution is -2.16. The maximum Gasteiger partial charge on any atom is 0.0619 e. The lowest BCUT2D eigenvalue weighted by molar-refractivity contribution is 0.660. The van der Waals surface area contributed by atoms with E-state index in [0.29, 0.717) is 0 Å². The Kier molecular flexibility index (Phi) is 9.55. The molecule has 12 aromatic rings. The summed E-state index contributed by atoms with van der Waals surface area (Å²) in [6.45, 7) is 4.72. The fourth-order valence-electron chi connectivity index (χ4n) is 11.3. The lowest BCUT2D eigenvalue weighted by Gasteiger charge is -2.31. The molecule has 0 atom stereocenters. The quantitative estimate of drug-likeness (QED) is 0.140. The summed E-state index contributed by atoms with van der Waals surface area (Å²) in [5.41, 5.74) is 16.8. The Morgan fingerprint density at radius 3 is 1.35 bits per heavy atom. The Morgan fingerprint density at radius 2 is 0.725 bits per heavy atom. The van der Waals surface area contributed by atoms with Gasteiger partial charge in [0.05, 0.1) is 17.1 Å². The van der Waals surface area contributed by atoms with Gasteiger partial charge in [-0.05, 0) is 115 Å². The molecular formula is C67H48N2. The van der Waals surface area contributed by atoms with Crippen LogP contribution in [0.2, 0.25) is 0 Å². The molecule has 0 radical (unpaired) electrons. The van der Waals surface area contributed by atoms with Crippen LogP contribution in [0.25, 0.3) is 76.5 Å². The maximum atomic E-state index is 2.49. The third-order valence-electron chi connectivity index (χ3n) is 14.6. The van der Waals surface area contributed by atoms with Crippen molar-refractivity contribution in [3.8, 4) is 33.4 Å². The summed E-state index contributed by atoms with van der Waals surface area (Å²) in [6.07, 6.45) is 0. The van der Waals surface area contributed by atoms with Crippen molar-refractivity contribution in [3.63, 3.8) is 0 Å². The van der Waals surface area contributed by atoms with Gasteiger partial charge in [0.1, 0.15) is 0 Å². The molecule has 2 nitrogen and oxygen atoms in total. The number of fused-ring (bicyclic) bond motifs is 7. The summed E-state index contributed by atoms with van der Waals surface area (Å²) < 4.78 is 0. The third kappa shape index (κ3) is 6.63. The third-order valence-corrected chi connectivity index (χ3v) is 14.6. The van der Waals surface area contributed by atoms with E-state index in [0.717, 1.165) is 34.1 Å². The molecular weight excluding hydrogens is 833 g/mol. The second-order valence-corrected chi connectivity index (χ2v) is 18.8. The number of nitrogens with zero attached hydrogens (tertiary/aromatic N) is 2. The van der Waals surface area contributed by atoms with Crippen molar-refractivity contribution in [2.24, 2.45) is 0 Å². The minimum Gasteiger partial charge on any atom is -0.310 e. The summed E-state index contributed by atoms with van der Waals surface area (Å²) >= 11 is 0. The number of rotatable bonds is 8. The van der Waals surface area contributed by atoms with Crippen LogP contribution in [0.5, 0.6) is 0 Å². The zero-order valence-corrected chi connectivity index (χ0v) is 38.6. The molecule has 326 valence electrons. The fraction of sp³-hybridized carbons (Fsp3) is 0.0448. The number of hydrogen-bond donors (Lipinski definition) is 0. The summed E-state index contributed by atoms with van der Waals surface area (Å²) in [5, 5.41) is 9.62. The van der Waals surface area contributed by atoms with Gasteiger partial charge in [-0.25, -0.2) is 0 Å². The molecule has 1 aliphatic carbocycles. The highest BCUT2D eigenvalue weighted by Gasteiger charge is 2.36. The van der Waals surface area contributed by atoms with Crippen LogP contribution in [-0.2, 0) is 5.41 Å². The Hall–Kier alpha value is -8.72. The monoisotopic (exact) mass is 880 g/mol. The zero-order valence-electron chi connectivity index (χ0n) is 38.6. The van der Waals surface area contributed by atoms with E-state index < -0.39 is 0 Å². The van der Waals surface area contributed by atoms with Gasteiger partial charge in [-0.15, -0.1) is 0 Å². The summed E-state index contributed by atoms with van der Waals surface area (Å²) in [5.74, 6) is 0. The Balaban J connectivity index is 0.995. The molecule has 0 spiro atoms. The molecule has 13 rings (SSSR count). The van der Waals surface area contributed by atoms with Crippen molar-refractivity contribution in [3.05, 3.63) is 266 Å². The zero-order chi connectivity index (χ0) is 46.1. The smallest absolute Gasteiger partial charge is 0.0619 e. The normalized spacial score (nSPS) is 12.6. The minimum atomic E-state index is -0.126.